The van der Waals surface area contributed by atoms with Gasteiger partial charge in [0, 0.05) is 10.6 Å². The fourth-order valence-electron chi connectivity index (χ4n) is 2.26. The van der Waals surface area contributed by atoms with Crippen molar-refractivity contribution >= 4 is 23.0 Å². The first-order valence-electron chi connectivity index (χ1n) is 6.54. The number of aromatic nitrogens is 1. The number of carbonyl (C=O) groups is 1. The number of pyridine rings is 1. The molecule has 0 radical (unpaired) electrons. The van der Waals surface area contributed by atoms with Crippen molar-refractivity contribution < 1.29 is 9.90 Å². The van der Waals surface area contributed by atoms with Crippen molar-refractivity contribution in [2.75, 3.05) is 5.32 Å². The summed E-state index contributed by atoms with van der Waals surface area (Å²) < 4.78 is 0. The average molecular weight is 290 g/mol. The van der Waals surface area contributed by atoms with Crippen molar-refractivity contribution in [3.63, 3.8) is 0 Å². The van der Waals surface area contributed by atoms with E-state index in [9.17, 15) is 9.90 Å². The highest BCUT2D eigenvalue weighted by Gasteiger charge is 2.18. The van der Waals surface area contributed by atoms with Gasteiger partial charge in [-0.1, -0.05) is 13.0 Å². The van der Waals surface area contributed by atoms with Crippen LogP contribution in [0.15, 0.2) is 23.6 Å². The molecule has 5 heteroatoms. The molecule has 20 heavy (non-hydrogen) atoms. The Morgan fingerprint density at radius 2 is 2.25 bits per heavy atom. The maximum Gasteiger partial charge on any atom is 0.339 e. The smallest absolute Gasteiger partial charge is 0.339 e. The average Bonchev–Trinajstić information content (AvgIpc) is 2.88. The summed E-state index contributed by atoms with van der Waals surface area (Å²) in [5, 5.41) is 14.8. The summed E-state index contributed by atoms with van der Waals surface area (Å²) in [5.41, 5.74) is 2.26. The molecule has 0 aliphatic carbocycles. The monoisotopic (exact) mass is 290 g/mol. The van der Waals surface area contributed by atoms with Gasteiger partial charge in [-0.25, -0.2) is 4.79 Å². The summed E-state index contributed by atoms with van der Waals surface area (Å²) in [6.45, 7) is 5.68. The van der Waals surface area contributed by atoms with Gasteiger partial charge in [-0.05, 0) is 37.8 Å². The van der Waals surface area contributed by atoms with E-state index in [0.29, 0.717) is 11.4 Å². The molecule has 106 valence electrons. The van der Waals surface area contributed by atoms with E-state index in [1.807, 2.05) is 18.4 Å². The van der Waals surface area contributed by atoms with Crippen molar-refractivity contribution in [1.82, 2.24) is 4.98 Å². The Kier molecular flexibility index (Phi) is 4.39. The molecule has 2 aromatic heterocycles. The minimum atomic E-state index is -0.946. The van der Waals surface area contributed by atoms with Crippen LogP contribution in [0.25, 0.3) is 0 Å². The normalized spacial score (nSPS) is 12.2. The maximum absolute atomic E-state index is 11.4. The molecule has 0 aromatic carbocycles. The van der Waals surface area contributed by atoms with Gasteiger partial charge in [0.05, 0.1) is 17.4 Å². The Balaban J connectivity index is 2.39. The third kappa shape index (κ3) is 2.99. The number of anilines is 1. The number of hydrogen-bond acceptors (Lipinski definition) is 4. The van der Waals surface area contributed by atoms with Gasteiger partial charge in [0.1, 0.15) is 5.56 Å². The van der Waals surface area contributed by atoms with Crippen LogP contribution in [-0.4, -0.2) is 16.1 Å². The number of nitrogens with zero attached hydrogens (tertiary/aromatic N) is 1. The zero-order chi connectivity index (χ0) is 14.7. The van der Waals surface area contributed by atoms with E-state index in [4.69, 9.17) is 0 Å². The Morgan fingerprint density at radius 3 is 2.80 bits per heavy atom. The van der Waals surface area contributed by atoms with E-state index in [1.165, 1.54) is 4.88 Å². The maximum atomic E-state index is 11.4. The quantitative estimate of drug-likeness (QED) is 0.873. The van der Waals surface area contributed by atoms with E-state index in [0.717, 1.165) is 12.1 Å². The molecule has 0 aliphatic heterocycles. The molecular formula is C15H18N2O2S. The number of thiophene rings is 1. The van der Waals surface area contributed by atoms with Crippen molar-refractivity contribution in [2.24, 2.45) is 0 Å². The fraction of sp³-hybridized carbons (Fsp3) is 0.333. The van der Waals surface area contributed by atoms with Gasteiger partial charge in [-0.3, -0.25) is 4.98 Å². The first-order valence-corrected chi connectivity index (χ1v) is 7.42. The van der Waals surface area contributed by atoms with Crippen LogP contribution in [0, 0.1) is 13.8 Å². The van der Waals surface area contributed by atoms with E-state index >= 15 is 0 Å². The number of carboxylic acid groups (broad SMARTS) is 1. The highest BCUT2D eigenvalue weighted by atomic mass is 32.1. The van der Waals surface area contributed by atoms with Gasteiger partial charge in [0.15, 0.2) is 0 Å². The first kappa shape index (κ1) is 14.5. The zero-order valence-corrected chi connectivity index (χ0v) is 12.6. The molecule has 2 heterocycles. The number of rotatable bonds is 5. The molecule has 0 saturated carbocycles. The Morgan fingerprint density at radius 1 is 1.50 bits per heavy atom. The Hall–Kier alpha value is -1.88. The molecule has 0 fully saturated rings. The molecule has 1 unspecified atom stereocenters. The topological polar surface area (TPSA) is 62.2 Å². The lowest BCUT2D eigenvalue weighted by molar-refractivity contribution is 0.0696. The molecule has 0 amide bonds. The SMILES string of the molecule is CCC(Nc1cc(C)nc(C)c1C(=O)O)c1cccs1. The van der Waals surface area contributed by atoms with Gasteiger partial charge in [0.25, 0.3) is 0 Å². The first-order chi connectivity index (χ1) is 9.52. The van der Waals surface area contributed by atoms with Crippen LogP contribution < -0.4 is 5.32 Å². The second kappa shape index (κ2) is 6.05. The van der Waals surface area contributed by atoms with Crippen LogP contribution in [-0.2, 0) is 0 Å². The van der Waals surface area contributed by atoms with Crippen molar-refractivity contribution in [1.29, 1.82) is 0 Å². The molecule has 2 N–H and O–H groups in total. The predicted octanol–water partition coefficient (Wildman–Crippen LogP) is 4.02. The highest BCUT2D eigenvalue weighted by molar-refractivity contribution is 7.10. The lowest BCUT2D eigenvalue weighted by atomic mass is 10.1. The lowest BCUT2D eigenvalue weighted by Gasteiger charge is -2.19. The summed E-state index contributed by atoms with van der Waals surface area (Å²) in [5.74, 6) is -0.946. The highest BCUT2D eigenvalue weighted by Crippen LogP contribution is 2.29. The van der Waals surface area contributed by atoms with Crippen molar-refractivity contribution in [3.05, 3.63) is 45.4 Å². The number of hydrogen-bond donors (Lipinski definition) is 2. The minimum absolute atomic E-state index is 0.120. The standard InChI is InChI=1S/C15H18N2O2S/c1-4-11(13-6-5-7-20-13)17-12-8-9(2)16-10(3)14(12)15(18)19/h5-8,11H,4H2,1-3H3,(H,16,17)(H,18,19). The predicted molar refractivity (Wildman–Crippen MR) is 81.6 cm³/mol. The molecule has 0 spiro atoms. The van der Waals surface area contributed by atoms with Gasteiger partial charge >= 0.3 is 5.97 Å². The summed E-state index contributed by atoms with van der Waals surface area (Å²) >= 11 is 1.67. The van der Waals surface area contributed by atoms with Crippen LogP contribution >= 0.6 is 11.3 Å². The fourth-order valence-corrected chi connectivity index (χ4v) is 3.13. The number of carboxylic acids is 1. The Bertz CT molecular complexity index is 609. The molecule has 0 bridgehead atoms. The third-order valence-corrected chi connectivity index (χ3v) is 4.15. The summed E-state index contributed by atoms with van der Waals surface area (Å²) in [7, 11) is 0. The number of aromatic carboxylic acids is 1. The number of nitrogens with one attached hydrogen (secondary N) is 1. The van der Waals surface area contributed by atoms with E-state index in [1.54, 1.807) is 24.3 Å². The molecule has 1 atom stereocenters. The van der Waals surface area contributed by atoms with Gasteiger partial charge < -0.3 is 10.4 Å². The van der Waals surface area contributed by atoms with E-state index < -0.39 is 5.97 Å². The largest absolute Gasteiger partial charge is 0.478 e. The Labute approximate surface area is 122 Å². The number of aryl methyl sites for hydroxylation is 2. The minimum Gasteiger partial charge on any atom is -0.478 e. The van der Waals surface area contributed by atoms with E-state index in [2.05, 4.69) is 23.3 Å². The molecule has 0 aliphatic rings. The van der Waals surface area contributed by atoms with Crippen LogP contribution in [0.3, 0.4) is 0 Å². The summed E-state index contributed by atoms with van der Waals surface area (Å²) in [6.07, 6.45) is 0.889. The molecule has 2 aromatic rings. The zero-order valence-electron chi connectivity index (χ0n) is 11.8. The van der Waals surface area contributed by atoms with Gasteiger partial charge in [0.2, 0.25) is 0 Å². The van der Waals surface area contributed by atoms with Gasteiger partial charge in [-0.15, -0.1) is 11.3 Å². The van der Waals surface area contributed by atoms with Crippen LogP contribution in [0.5, 0.6) is 0 Å². The second-order valence-corrected chi connectivity index (χ2v) is 5.68. The molecule has 2 rings (SSSR count). The van der Waals surface area contributed by atoms with Crippen molar-refractivity contribution in [2.45, 2.75) is 33.2 Å². The van der Waals surface area contributed by atoms with Crippen LogP contribution in [0.2, 0.25) is 0 Å². The van der Waals surface area contributed by atoms with E-state index in [-0.39, 0.29) is 11.6 Å². The molecule has 4 nitrogen and oxygen atoms in total. The summed E-state index contributed by atoms with van der Waals surface area (Å²) in [4.78, 5) is 16.9. The second-order valence-electron chi connectivity index (χ2n) is 4.70. The molecule has 0 saturated heterocycles. The van der Waals surface area contributed by atoms with Crippen LogP contribution in [0.1, 0.15) is 46.0 Å². The van der Waals surface area contributed by atoms with Crippen molar-refractivity contribution in [3.8, 4) is 0 Å². The summed E-state index contributed by atoms with van der Waals surface area (Å²) in [6, 6.07) is 5.99. The van der Waals surface area contributed by atoms with Gasteiger partial charge in [-0.2, -0.15) is 0 Å². The third-order valence-electron chi connectivity index (χ3n) is 3.17. The van der Waals surface area contributed by atoms with Crippen LogP contribution in [0.4, 0.5) is 5.69 Å². The molecular weight excluding hydrogens is 272 g/mol. The lowest BCUT2D eigenvalue weighted by Crippen LogP contribution is -2.14.